The van der Waals surface area contributed by atoms with E-state index in [-0.39, 0.29) is 42.2 Å². The first-order valence-corrected chi connectivity index (χ1v) is 17.6. The molecule has 9 nitrogen and oxygen atoms in total. The zero-order valence-electron chi connectivity index (χ0n) is 27.6. The number of anilines is 1. The zero-order chi connectivity index (χ0) is 34.7. The molecule has 3 heterocycles. The number of rotatable bonds is 14. The van der Waals surface area contributed by atoms with Gasteiger partial charge in [0.1, 0.15) is 17.4 Å². The van der Waals surface area contributed by atoms with Crippen molar-refractivity contribution in [3.8, 4) is 5.75 Å². The van der Waals surface area contributed by atoms with Crippen LogP contribution in [0, 0.1) is 11.8 Å². The summed E-state index contributed by atoms with van der Waals surface area (Å²) >= 11 is 3.79. The monoisotopic (exact) mass is 727 g/mol. The standard InChI is InChI=1S/C39H42BrN3O6/c1-4-21-41(24-26-13-9-7-10-14-26)38(47)35-39-23-30(40)34(49-39)32(33(39)37(46)43(35)31(25-44)27-15-11-8-12-16-27)36(45)42(22-5-2)28-17-19-29(20-18-28)48-6-3/h4-5,7-20,30-35,44H,1-2,6,21-25H2,3H3/t30?,31-,32+,33+,34+,35?,39?/m1/s1. The van der Waals surface area contributed by atoms with Crippen molar-refractivity contribution >= 4 is 39.3 Å². The van der Waals surface area contributed by atoms with Gasteiger partial charge in [-0.05, 0) is 48.7 Å². The lowest BCUT2D eigenvalue weighted by Gasteiger charge is -2.39. The highest BCUT2D eigenvalue weighted by atomic mass is 79.9. The Labute approximate surface area is 295 Å². The smallest absolute Gasteiger partial charge is 0.249 e. The first-order chi connectivity index (χ1) is 23.8. The van der Waals surface area contributed by atoms with Gasteiger partial charge in [-0.1, -0.05) is 88.7 Å². The summed E-state index contributed by atoms with van der Waals surface area (Å²) in [5.41, 5.74) is 0.914. The van der Waals surface area contributed by atoms with Crippen molar-refractivity contribution < 1.29 is 29.0 Å². The van der Waals surface area contributed by atoms with Gasteiger partial charge < -0.3 is 29.3 Å². The van der Waals surface area contributed by atoms with Crippen molar-refractivity contribution in [3.05, 3.63) is 121 Å². The number of hydrogen-bond acceptors (Lipinski definition) is 6. The average molecular weight is 729 g/mol. The second-order valence-corrected chi connectivity index (χ2v) is 13.9. The summed E-state index contributed by atoms with van der Waals surface area (Å²) in [6.45, 7) is 10.5. The van der Waals surface area contributed by atoms with E-state index >= 15 is 0 Å². The molecule has 256 valence electrons. The number of amides is 3. The molecule has 6 rings (SSSR count). The maximum absolute atomic E-state index is 15.0. The molecule has 3 saturated heterocycles. The summed E-state index contributed by atoms with van der Waals surface area (Å²) in [4.78, 5) is 49.2. The molecule has 3 aliphatic heterocycles. The predicted molar refractivity (Wildman–Crippen MR) is 191 cm³/mol. The largest absolute Gasteiger partial charge is 0.494 e. The van der Waals surface area contributed by atoms with Crippen molar-refractivity contribution in [1.82, 2.24) is 9.80 Å². The van der Waals surface area contributed by atoms with E-state index in [2.05, 4.69) is 29.1 Å². The predicted octanol–water partition coefficient (Wildman–Crippen LogP) is 5.30. The lowest BCUT2D eigenvalue weighted by molar-refractivity contribution is -0.151. The number of nitrogens with zero attached hydrogens (tertiary/aromatic N) is 3. The Morgan fingerprint density at radius 1 is 1.02 bits per heavy atom. The SMILES string of the molecule is C=CCN(Cc1ccccc1)C(=O)C1N([C@H](CO)c2ccccc2)C(=O)[C@@H]2[C@H](C(=O)N(CC=C)c3ccc(OCC)cc3)[C@H]3OC12CC3Br. The van der Waals surface area contributed by atoms with Crippen molar-refractivity contribution in [1.29, 1.82) is 0 Å². The molecule has 3 fully saturated rings. The number of alkyl halides is 1. The molecule has 0 aliphatic carbocycles. The molecule has 3 aromatic rings. The summed E-state index contributed by atoms with van der Waals surface area (Å²) in [5, 5.41) is 10.9. The third-order valence-corrected chi connectivity index (χ3v) is 10.7. The van der Waals surface area contributed by atoms with Gasteiger partial charge in [-0.15, -0.1) is 13.2 Å². The highest BCUT2D eigenvalue weighted by molar-refractivity contribution is 9.09. The van der Waals surface area contributed by atoms with E-state index in [1.807, 2.05) is 79.7 Å². The third-order valence-electron chi connectivity index (χ3n) is 9.85. The number of likely N-dealkylation sites (tertiary alicyclic amines) is 1. The van der Waals surface area contributed by atoms with Gasteiger partial charge in [-0.25, -0.2) is 0 Å². The lowest BCUT2D eigenvalue weighted by atomic mass is 9.70. The van der Waals surface area contributed by atoms with E-state index in [0.717, 1.165) is 5.56 Å². The van der Waals surface area contributed by atoms with Crippen LogP contribution in [-0.2, 0) is 25.7 Å². The van der Waals surface area contributed by atoms with Gasteiger partial charge in [0, 0.05) is 30.1 Å². The van der Waals surface area contributed by atoms with E-state index in [9.17, 15) is 19.5 Å². The molecular formula is C39H42BrN3O6. The molecule has 2 bridgehead atoms. The molecule has 0 saturated carbocycles. The molecule has 3 amide bonds. The number of fused-ring (bicyclic) bond motifs is 1. The number of carbonyl (C=O) groups excluding carboxylic acids is 3. The Morgan fingerprint density at radius 2 is 1.67 bits per heavy atom. The summed E-state index contributed by atoms with van der Waals surface area (Å²) in [5.74, 6) is -2.17. The zero-order valence-corrected chi connectivity index (χ0v) is 29.2. The summed E-state index contributed by atoms with van der Waals surface area (Å²) in [6, 6.07) is 24.1. The van der Waals surface area contributed by atoms with E-state index in [1.165, 1.54) is 4.90 Å². The van der Waals surface area contributed by atoms with Crippen LogP contribution >= 0.6 is 15.9 Å². The van der Waals surface area contributed by atoms with Crippen molar-refractivity contribution in [2.45, 2.75) is 48.5 Å². The average Bonchev–Trinajstić information content (AvgIpc) is 3.71. The Bertz CT molecular complexity index is 1670. The first-order valence-electron chi connectivity index (χ1n) is 16.7. The quantitative estimate of drug-likeness (QED) is 0.179. The molecule has 1 spiro atoms. The van der Waals surface area contributed by atoms with Crippen LogP contribution in [0.3, 0.4) is 0 Å². The molecule has 3 aliphatic rings. The lowest BCUT2D eigenvalue weighted by Crippen LogP contribution is -2.57. The van der Waals surface area contributed by atoms with Crippen molar-refractivity contribution in [2.75, 3.05) is 31.2 Å². The fraction of sp³-hybridized carbons (Fsp3) is 0.359. The van der Waals surface area contributed by atoms with Crippen molar-refractivity contribution in [2.24, 2.45) is 11.8 Å². The van der Waals surface area contributed by atoms with Crippen molar-refractivity contribution in [3.63, 3.8) is 0 Å². The number of carbonyl (C=O) groups is 3. The van der Waals surface area contributed by atoms with Gasteiger partial charge in [0.25, 0.3) is 0 Å². The van der Waals surface area contributed by atoms with Crippen LogP contribution in [0.25, 0.3) is 0 Å². The van der Waals surface area contributed by atoms with E-state index in [4.69, 9.17) is 9.47 Å². The molecule has 1 N–H and O–H groups in total. The molecular weight excluding hydrogens is 686 g/mol. The van der Waals surface area contributed by atoms with E-state index in [1.54, 1.807) is 34.1 Å². The molecule has 0 aromatic heterocycles. The van der Waals surface area contributed by atoms with E-state index in [0.29, 0.717) is 30.0 Å². The minimum Gasteiger partial charge on any atom is -0.494 e. The maximum atomic E-state index is 15.0. The van der Waals surface area contributed by atoms with Crippen LogP contribution in [0.4, 0.5) is 5.69 Å². The molecule has 10 heteroatoms. The Hall–Kier alpha value is -4.25. The van der Waals surface area contributed by atoms with Crippen LogP contribution in [0.15, 0.2) is 110 Å². The second kappa shape index (κ2) is 14.7. The van der Waals surface area contributed by atoms with Crippen LogP contribution in [0.5, 0.6) is 5.75 Å². The minimum atomic E-state index is -1.32. The highest BCUT2D eigenvalue weighted by Gasteiger charge is 2.77. The van der Waals surface area contributed by atoms with E-state index < -0.39 is 42.2 Å². The highest BCUT2D eigenvalue weighted by Crippen LogP contribution is 2.61. The van der Waals surface area contributed by atoms with Crippen LogP contribution in [0.2, 0.25) is 0 Å². The second-order valence-electron chi connectivity index (χ2n) is 12.7. The molecule has 0 radical (unpaired) electrons. The minimum absolute atomic E-state index is 0.205. The van der Waals surface area contributed by atoms with Crippen LogP contribution < -0.4 is 9.64 Å². The van der Waals surface area contributed by atoms with Gasteiger partial charge in [0.05, 0.1) is 37.2 Å². The van der Waals surface area contributed by atoms with Gasteiger partial charge in [0.2, 0.25) is 17.7 Å². The number of halogens is 1. The summed E-state index contributed by atoms with van der Waals surface area (Å²) in [6.07, 6.45) is 3.00. The normalized spacial score (nSPS) is 25.8. The van der Waals surface area contributed by atoms with Gasteiger partial charge in [0.15, 0.2) is 0 Å². The Kier molecular flexibility index (Phi) is 10.4. The maximum Gasteiger partial charge on any atom is 0.249 e. The third kappa shape index (κ3) is 6.22. The number of aliphatic hydroxyl groups is 1. The summed E-state index contributed by atoms with van der Waals surface area (Å²) < 4.78 is 12.4. The Morgan fingerprint density at radius 3 is 2.29 bits per heavy atom. The Balaban J connectivity index is 1.44. The fourth-order valence-electron chi connectivity index (χ4n) is 7.88. The number of hydrogen-bond donors (Lipinski definition) is 1. The topological polar surface area (TPSA) is 99.6 Å². The number of aliphatic hydroxyl groups excluding tert-OH is 1. The molecule has 7 atom stereocenters. The van der Waals surface area contributed by atoms with Gasteiger partial charge in [-0.2, -0.15) is 0 Å². The first kappa shape index (κ1) is 34.6. The number of benzene rings is 3. The number of ether oxygens (including phenoxy) is 2. The fourth-order valence-corrected chi connectivity index (χ4v) is 8.82. The molecule has 3 aromatic carbocycles. The molecule has 49 heavy (non-hydrogen) atoms. The van der Waals surface area contributed by atoms with Gasteiger partial charge in [-0.3, -0.25) is 14.4 Å². The van der Waals surface area contributed by atoms with Crippen LogP contribution in [0.1, 0.15) is 30.5 Å². The molecule has 3 unspecified atom stereocenters. The summed E-state index contributed by atoms with van der Waals surface area (Å²) in [7, 11) is 0. The van der Waals surface area contributed by atoms with Gasteiger partial charge >= 0.3 is 0 Å². The van der Waals surface area contributed by atoms with Crippen LogP contribution in [-0.4, -0.2) is 81.5 Å².